The molecule has 1 aliphatic carbocycles. The highest BCUT2D eigenvalue weighted by atomic mass is 32.2. The minimum atomic E-state index is -4.35. The van der Waals surface area contributed by atoms with Crippen molar-refractivity contribution >= 4 is 15.9 Å². The number of hydrogen-bond donors (Lipinski definition) is 1. The summed E-state index contributed by atoms with van der Waals surface area (Å²) in [5.74, 6) is -2.92. The fourth-order valence-corrected chi connectivity index (χ4v) is 3.88. The number of fused-ring (bicyclic) bond motifs is 2. The van der Waals surface area contributed by atoms with E-state index >= 15 is 0 Å². The number of amides is 1. The van der Waals surface area contributed by atoms with Gasteiger partial charge in [0.2, 0.25) is 10.0 Å². The zero-order valence-corrected chi connectivity index (χ0v) is 11.9. The van der Waals surface area contributed by atoms with E-state index in [1.165, 1.54) is 4.90 Å². The van der Waals surface area contributed by atoms with Crippen molar-refractivity contribution in [3.8, 4) is 0 Å². The van der Waals surface area contributed by atoms with E-state index in [0.29, 0.717) is 12.5 Å². The highest BCUT2D eigenvalue weighted by Crippen LogP contribution is 2.38. The van der Waals surface area contributed by atoms with Gasteiger partial charge in [-0.2, -0.15) is 0 Å². The number of nitrogens with two attached hydrogens (primary N) is 1. The molecule has 1 amide bonds. The van der Waals surface area contributed by atoms with Gasteiger partial charge in [-0.25, -0.2) is 22.3 Å². The number of nitrogens with zero attached hydrogens (tertiary/aromatic N) is 1. The van der Waals surface area contributed by atoms with Gasteiger partial charge in [0.15, 0.2) is 5.82 Å². The second-order valence-electron chi connectivity index (χ2n) is 5.57. The van der Waals surface area contributed by atoms with Crippen molar-refractivity contribution < 1.29 is 22.0 Å². The minimum Gasteiger partial charge on any atom is -0.335 e. The van der Waals surface area contributed by atoms with Crippen molar-refractivity contribution in [3.63, 3.8) is 0 Å². The van der Waals surface area contributed by atoms with Gasteiger partial charge in [-0.15, -0.1) is 0 Å². The standard InChI is InChI=1S/C13H14F2N2O3S/c14-9-3-4-10(21(16,19)20)12(15)11(9)13(18)17-6-7-1-2-8(17)5-7/h3-4,7-8H,1-2,5-6H2,(H2,16,19,20). The van der Waals surface area contributed by atoms with Crippen LogP contribution in [-0.2, 0) is 10.0 Å². The Morgan fingerprint density at radius 1 is 1.29 bits per heavy atom. The van der Waals surface area contributed by atoms with Gasteiger partial charge in [0.25, 0.3) is 5.91 Å². The number of primary sulfonamides is 1. The van der Waals surface area contributed by atoms with Gasteiger partial charge in [-0.05, 0) is 37.3 Å². The molecule has 21 heavy (non-hydrogen) atoms. The van der Waals surface area contributed by atoms with Crippen molar-refractivity contribution in [1.29, 1.82) is 0 Å². The van der Waals surface area contributed by atoms with Crippen LogP contribution >= 0.6 is 0 Å². The molecular weight excluding hydrogens is 302 g/mol. The number of benzene rings is 1. The number of rotatable bonds is 2. The van der Waals surface area contributed by atoms with Crippen molar-refractivity contribution in [2.75, 3.05) is 6.54 Å². The number of hydrogen-bond acceptors (Lipinski definition) is 3. The summed E-state index contributed by atoms with van der Waals surface area (Å²) >= 11 is 0. The number of sulfonamides is 1. The van der Waals surface area contributed by atoms with Crippen LogP contribution in [0.25, 0.3) is 0 Å². The van der Waals surface area contributed by atoms with Crippen LogP contribution in [0.15, 0.2) is 17.0 Å². The molecule has 1 aliphatic heterocycles. The Labute approximate surface area is 120 Å². The molecule has 1 saturated carbocycles. The molecule has 8 heteroatoms. The van der Waals surface area contributed by atoms with Gasteiger partial charge in [-0.1, -0.05) is 0 Å². The Morgan fingerprint density at radius 2 is 2.00 bits per heavy atom. The number of likely N-dealkylation sites (tertiary alicyclic amines) is 1. The van der Waals surface area contributed by atoms with Crippen LogP contribution in [0.4, 0.5) is 8.78 Å². The second kappa shape index (κ2) is 4.74. The highest BCUT2D eigenvalue weighted by molar-refractivity contribution is 7.89. The van der Waals surface area contributed by atoms with Crippen LogP contribution in [0.3, 0.4) is 0 Å². The zero-order chi connectivity index (χ0) is 15.4. The molecule has 2 fully saturated rings. The van der Waals surface area contributed by atoms with Crippen LogP contribution in [0, 0.1) is 17.6 Å². The molecule has 2 atom stereocenters. The fraction of sp³-hybridized carbons (Fsp3) is 0.462. The van der Waals surface area contributed by atoms with Crippen molar-refractivity contribution in [1.82, 2.24) is 4.90 Å². The third-order valence-corrected chi connectivity index (χ3v) is 5.17. The lowest BCUT2D eigenvalue weighted by molar-refractivity contribution is 0.0693. The van der Waals surface area contributed by atoms with Crippen LogP contribution in [0.2, 0.25) is 0 Å². The van der Waals surface area contributed by atoms with Crippen molar-refractivity contribution in [2.24, 2.45) is 11.1 Å². The molecule has 2 bridgehead atoms. The molecule has 1 heterocycles. The highest BCUT2D eigenvalue weighted by Gasteiger charge is 2.42. The summed E-state index contributed by atoms with van der Waals surface area (Å²) in [4.78, 5) is 12.9. The molecule has 1 aromatic rings. The average molecular weight is 316 g/mol. The molecule has 2 aliphatic rings. The molecule has 2 N–H and O–H groups in total. The van der Waals surface area contributed by atoms with Crippen LogP contribution in [0.1, 0.15) is 29.6 Å². The predicted octanol–water partition coefficient (Wildman–Crippen LogP) is 1.24. The number of piperidine rings is 1. The smallest absolute Gasteiger partial charge is 0.260 e. The summed E-state index contributed by atoms with van der Waals surface area (Å²) in [7, 11) is -4.35. The molecule has 114 valence electrons. The lowest BCUT2D eigenvalue weighted by Crippen LogP contribution is -2.38. The molecule has 2 unspecified atom stereocenters. The Morgan fingerprint density at radius 3 is 2.52 bits per heavy atom. The van der Waals surface area contributed by atoms with Gasteiger partial charge >= 0.3 is 0 Å². The number of carbonyl (C=O) groups excluding carboxylic acids is 1. The van der Waals surface area contributed by atoms with Gasteiger partial charge in [0, 0.05) is 12.6 Å². The molecule has 3 rings (SSSR count). The van der Waals surface area contributed by atoms with Gasteiger partial charge in [0.1, 0.15) is 16.3 Å². The zero-order valence-electron chi connectivity index (χ0n) is 11.1. The fourth-order valence-electron chi connectivity index (χ4n) is 3.27. The maximum Gasteiger partial charge on any atom is 0.260 e. The first kappa shape index (κ1) is 14.4. The quantitative estimate of drug-likeness (QED) is 0.891. The Kier molecular flexibility index (Phi) is 3.25. The maximum atomic E-state index is 14.2. The van der Waals surface area contributed by atoms with E-state index in [1.54, 1.807) is 0 Å². The van der Waals surface area contributed by atoms with E-state index in [4.69, 9.17) is 5.14 Å². The predicted molar refractivity (Wildman–Crippen MR) is 69.9 cm³/mol. The van der Waals surface area contributed by atoms with Gasteiger partial charge < -0.3 is 4.90 Å². The number of halogens is 2. The molecule has 0 radical (unpaired) electrons. The summed E-state index contributed by atoms with van der Waals surface area (Å²) in [6.45, 7) is 0.460. The summed E-state index contributed by atoms with van der Waals surface area (Å²) in [6, 6.07) is 1.47. The third kappa shape index (κ3) is 2.32. The largest absolute Gasteiger partial charge is 0.335 e. The summed E-state index contributed by atoms with van der Waals surface area (Å²) in [5.41, 5.74) is -0.839. The monoisotopic (exact) mass is 316 g/mol. The second-order valence-corrected chi connectivity index (χ2v) is 7.10. The van der Waals surface area contributed by atoms with Crippen LogP contribution < -0.4 is 5.14 Å². The summed E-state index contributed by atoms with van der Waals surface area (Å²) < 4.78 is 50.6. The first-order chi connectivity index (χ1) is 9.79. The van der Waals surface area contributed by atoms with E-state index in [9.17, 15) is 22.0 Å². The maximum absolute atomic E-state index is 14.2. The lowest BCUT2D eigenvalue weighted by atomic mass is 10.1. The van der Waals surface area contributed by atoms with E-state index in [2.05, 4.69) is 0 Å². The Hall–Kier alpha value is -1.54. The molecule has 1 aromatic carbocycles. The first-order valence-corrected chi connectivity index (χ1v) is 8.15. The molecule has 0 aromatic heterocycles. The molecular formula is C13H14F2N2O3S. The minimum absolute atomic E-state index is 0.0144. The average Bonchev–Trinajstić information content (AvgIpc) is 2.99. The first-order valence-electron chi connectivity index (χ1n) is 6.61. The Bertz CT molecular complexity index is 720. The normalized spacial score (nSPS) is 24.6. The van der Waals surface area contributed by atoms with E-state index < -0.39 is 38.0 Å². The number of carbonyl (C=O) groups is 1. The van der Waals surface area contributed by atoms with Gasteiger partial charge in [0.05, 0.1) is 0 Å². The lowest BCUT2D eigenvalue weighted by Gasteiger charge is -2.27. The summed E-state index contributed by atoms with van der Waals surface area (Å²) in [5, 5.41) is 4.88. The van der Waals surface area contributed by atoms with E-state index in [-0.39, 0.29) is 6.04 Å². The topological polar surface area (TPSA) is 80.5 Å². The molecule has 0 spiro atoms. The van der Waals surface area contributed by atoms with E-state index in [1.807, 2.05) is 0 Å². The molecule has 5 nitrogen and oxygen atoms in total. The van der Waals surface area contributed by atoms with Crippen molar-refractivity contribution in [3.05, 3.63) is 29.3 Å². The SMILES string of the molecule is NS(=O)(=O)c1ccc(F)c(C(=O)N2CC3CCC2C3)c1F. The third-order valence-electron chi connectivity index (χ3n) is 4.25. The Balaban J connectivity index is 2.04. The van der Waals surface area contributed by atoms with Gasteiger partial charge in [-0.3, -0.25) is 4.79 Å². The van der Waals surface area contributed by atoms with Crippen LogP contribution in [0.5, 0.6) is 0 Å². The summed E-state index contributed by atoms with van der Waals surface area (Å²) in [6.07, 6.45) is 2.66. The molecule has 1 saturated heterocycles. The van der Waals surface area contributed by atoms with Crippen LogP contribution in [-0.4, -0.2) is 31.8 Å². The van der Waals surface area contributed by atoms with E-state index in [0.717, 1.165) is 31.4 Å². The van der Waals surface area contributed by atoms with Crippen molar-refractivity contribution in [2.45, 2.75) is 30.2 Å².